The first kappa shape index (κ1) is 14.9. The lowest BCUT2D eigenvalue weighted by Gasteiger charge is -2.22. The standard InChI is InChI=1S/C16H24N2O2/c1-18(2)16(19)7-4-10-20-13-9-8-12-5-3-6-15(17)14(12)11-13/h8-9,11,15H,3-7,10,17H2,1-2H3. The van der Waals surface area contributed by atoms with E-state index >= 15 is 0 Å². The lowest BCUT2D eigenvalue weighted by atomic mass is 9.88. The molecule has 0 spiro atoms. The molecule has 1 atom stereocenters. The minimum atomic E-state index is 0.137. The van der Waals surface area contributed by atoms with Crippen LogP contribution in [0.15, 0.2) is 18.2 Å². The Balaban J connectivity index is 1.85. The Kier molecular flexibility index (Phi) is 5.01. The van der Waals surface area contributed by atoms with Crippen molar-refractivity contribution in [3.05, 3.63) is 29.3 Å². The van der Waals surface area contributed by atoms with E-state index in [0.717, 1.165) is 25.0 Å². The first-order valence-corrected chi connectivity index (χ1v) is 7.29. The van der Waals surface area contributed by atoms with Gasteiger partial charge in [0, 0.05) is 26.6 Å². The minimum Gasteiger partial charge on any atom is -0.494 e. The van der Waals surface area contributed by atoms with Crippen molar-refractivity contribution in [3.63, 3.8) is 0 Å². The number of carbonyl (C=O) groups is 1. The molecular weight excluding hydrogens is 252 g/mol. The molecule has 0 saturated heterocycles. The van der Waals surface area contributed by atoms with Gasteiger partial charge in [-0.2, -0.15) is 0 Å². The van der Waals surface area contributed by atoms with Gasteiger partial charge in [-0.25, -0.2) is 0 Å². The van der Waals surface area contributed by atoms with E-state index in [2.05, 4.69) is 12.1 Å². The normalized spacial score (nSPS) is 17.4. The van der Waals surface area contributed by atoms with Crippen molar-refractivity contribution in [2.75, 3.05) is 20.7 Å². The van der Waals surface area contributed by atoms with Crippen LogP contribution in [-0.4, -0.2) is 31.5 Å². The van der Waals surface area contributed by atoms with Gasteiger partial charge in [-0.1, -0.05) is 6.07 Å². The summed E-state index contributed by atoms with van der Waals surface area (Å²) in [5.41, 5.74) is 8.70. The molecule has 1 aliphatic rings. The van der Waals surface area contributed by atoms with Crippen molar-refractivity contribution < 1.29 is 9.53 Å². The Labute approximate surface area is 120 Å². The SMILES string of the molecule is CN(C)C(=O)CCCOc1ccc2c(c1)C(N)CCC2. The summed E-state index contributed by atoms with van der Waals surface area (Å²) in [7, 11) is 3.54. The molecule has 0 heterocycles. The van der Waals surface area contributed by atoms with Gasteiger partial charge >= 0.3 is 0 Å². The fourth-order valence-electron chi connectivity index (χ4n) is 2.54. The predicted octanol–water partition coefficient (Wildman–Crippen LogP) is 2.27. The summed E-state index contributed by atoms with van der Waals surface area (Å²) in [6, 6.07) is 6.32. The average Bonchev–Trinajstić information content (AvgIpc) is 2.44. The number of ether oxygens (including phenoxy) is 1. The molecule has 0 saturated carbocycles. The zero-order chi connectivity index (χ0) is 14.5. The van der Waals surface area contributed by atoms with Gasteiger partial charge in [-0.15, -0.1) is 0 Å². The van der Waals surface area contributed by atoms with Crippen molar-refractivity contribution in [2.24, 2.45) is 5.73 Å². The van der Waals surface area contributed by atoms with Crippen LogP contribution in [0.1, 0.15) is 42.9 Å². The lowest BCUT2D eigenvalue weighted by molar-refractivity contribution is -0.128. The Morgan fingerprint density at radius 1 is 1.45 bits per heavy atom. The molecular formula is C16H24N2O2. The number of amides is 1. The highest BCUT2D eigenvalue weighted by atomic mass is 16.5. The van der Waals surface area contributed by atoms with Gasteiger partial charge in [-0.3, -0.25) is 4.79 Å². The summed E-state index contributed by atoms with van der Waals surface area (Å²) in [4.78, 5) is 13.1. The highest BCUT2D eigenvalue weighted by Gasteiger charge is 2.17. The van der Waals surface area contributed by atoms with E-state index in [0.29, 0.717) is 13.0 Å². The van der Waals surface area contributed by atoms with Gasteiger partial charge in [0.05, 0.1) is 6.61 Å². The molecule has 0 aromatic heterocycles. The molecule has 2 N–H and O–H groups in total. The van der Waals surface area contributed by atoms with Crippen LogP contribution in [0, 0.1) is 0 Å². The van der Waals surface area contributed by atoms with Crippen LogP contribution in [0.2, 0.25) is 0 Å². The second-order valence-corrected chi connectivity index (χ2v) is 5.60. The fourth-order valence-corrected chi connectivity index (χ4v) is 2.54. The largest absolute Gasteiger partial charge is 0.494 e. The number of aryl methyl sites for hydroxylation is 1. The Bertz CT molecular complexity index is 472. The van der Waals surface area contributed by atoms with E-state index in [1.807, 2.05) is 6.07 Å². The van der Waals surface area contributed by atoms with E-state index in [1.54, 1.807) is 19.0 Å². The van der Waals surface area contributed by atoms with E-state index < -0.39 is 0 Å². The van der Waals surface area contributed by atoms with Crippen LogP contribution in [-0.2, 0) is 11.2 Å². The maximum atomic E-state index is 11.4. The van der Waals surface area contributed by atoms with Crippen LogP contribution >= 0.6 is 0 Å². The molecule has 4 heteroatoms. The topological polar surface area (TPSA) is 55.6 Å². The van der Waals surface area contributed by atoms with Crippen LogP contribution in [0.3, 0.4) is 0 Å². The molecule has 0 fully saturated rings. The molecule has 4 nitrogen and oxygen atoms in total. The van der Waals surface area contributed by atoms with Crippen LogP contribution in [0.5, 0.6) is 5.75 Å². The first-order chi connectivity index (χ1) is 9.58. The van der Waals surface area contributed by atoms with Crippen LogP contribution < -0.4 is 10.5 Å². The maximum Gasteiger partial charge on any atom is 0.222 e. The van der Waals surface area contributed by atoms with E-state index in [1.165, 1.54) is 17.5 Å². The summed E-state index contributed by atoms with van der Waals surface area (Å²) in [5, 5.41) is 0. The van der Waals surface area contributed by atoms with Gasteiger partial charge < -0.3 is 15.4 Å². The number of hydrogen-bond acceptors (Lipinski definition) is 3. The molecule has 0 aliphatic heterocycles. The minimum absolute atomic E-state index is 0.137. The van der Waals surface area contributed by atoms with Crippen molar-refractivity contribution >= 4 is 5.91 Å². The summed E-state index contributed by atoms with van der Waals surface area (Å²) in [5.74, 6) is 1.000. The third-order valence-corrected chi connectivity index (χ3v) is 3.78. The number of fused-ring (bicyclic) bond motifs is 1. The molecule has 2 rings (SSSR count). The predicted molar refractivity (Wildman–Crippen MR) is 79.7 cm³/mol. The van der Waals surface area contributed by atoms with E-state index in [-0.39, 0.29) is 11.9 Å². The highest BCUT2D eigenvalue weighted by Crippen LogP contribution is 2.30. The molecule has 1 aromatic carbocycles. The average molecular weight is 276 g/mol. The van der Waals surface area contributed by atoms with E-state index in [4.69, 9.17) is 10.5 Å². The third kappa shape index (κ3) is 3.73. The molecule has 1 amide bonds. The smallest absolute Gasteiger partial charge is 0.222 e. The number of benzene rings is 1. The lowest BCUT2D eigenvalue weighted by Crippen LogP contribution is -2.21. The van der Waals surface area contributed by atoms with Crippen LogP contribution in [0.25, 0.3) is 0 Å². The first-order valence-electron chi connectivity index (χ1n) is 7.29. The number of nitrogens with two attached hydrogens (primary N) is 1. The summed E-state index contributed by atoms with van der Waals surface area (Å²) >= 11 is 0. The summed E-state index contributed by atoms with van der Waals surface area (Å²) < 4.78 is 5.72. The third-order valence-electron chi connectivity index (χ3n) is 3.78. The molecule has 1 aliphatic carbocycles. The molecule has 1 aromatic rings. The van der Waals surface area contributed by atoms with Gasteiger partial charge in [0.2, 0.25) is 5.91 Å². The second kappa shape index (κ2) is 6.75. The summed E-state index contributed by atoms with van der Waals surface area (Å²) in [6.07, 6.45) is 4.59. The van der Waals surface area contributed by atoms with Crippen molar-refractivity contribution in [1.82, 2.24) is 4.90 Å². The number of hydrogen-bond donors (Lipinski definition) is 1. The van der Waals surface area contributed by atoms with E-state index in [9.17, 15) is 4.79 Å². The fraction of sp³-hybridized carbons (Fsp3) is 0.562. The Hall–Kier alpha value is -1.55. The van der Waals surface area contributed by atoms with Gasteiger partial charge in [0.1, 0.15) is 5.75 Å². The zero-order valence-electron chi connectivity index (χ0n) is 12.4. The molecule has 0 bridgehead atoms. The van der Waals surface area contributed by atoms with Gasteiger partial charge in [-0.05, 0) is 48.9 Å². The van der Waals surface area contributed by atoms with Crippen molar-refractivity contribution in [1.29, 1.82) is 0 Å². The van der Waals surface area contributed by atoms with Gasteiger partial charge in [0.25, 0.3) is 0 Å². The quantitative estimate of drug-likeness (QED) is 0.839. The van der Waals surface area contributed by atoms with Crippen molar-refractivity contribution in [2.45, 2.75) is 38.1 Å². The van der Waals surface area contributed by atoms with Crippen molar-refractivity contribution in [3.8, 4) is 5.75 Å². The summed E-state index contributed by atoms with van der Waals surface area (Å²) in [6.45, 7) is 0.563. The monoisotopic (exact) mass is 276 g/mol. The number of carbonyl (C=O) groups excluding carboxylic acids is 1. The molecule has 110 valence electrons. The highest BCUT2D eigenvalue weighted by molar-refractivity contribution is 5.75. The maximum absolute atomic E-state index is 11.4. The molecule has 0 radical (unpaired) electrons. The molecule has 20 heavy (non-hydrogen) atoms. The Morgan fingerprint density at radius 3 is 3.00 bits per heavy atom. The molecule has 1 unspecified atom stereocenters. The van der Waals surface area contributed by atoms with Crippen LogP contribution in [0.4, 0.5) is 0 Å². The number of rotatable bonds is 5. The van der Waals surface area contributed by atoms with Gasteiger partial charge in [0.15, 0.2) is 0 Å². The number of nitrogens with zero attached hydrogens (tertiary/aromatic N) is 1. The Morgan fingerprint density at radius 2 is 2.25 bits per heavy atom. The second-order valence-electron chi connectivity index (χ2n) is 5.60. The zero-order valence-corrected chi connectivity index (χ0v) is 12.4.